The number of thiophene rings is 1. The van der Waals surface area contributed by atoms with Crippen LogP contribution in [0.5, 0.6) is 0 Å². The molecule has 3 heterocycles. The van der Waals surface area contributed by atoms with Crippen molar-refractivity contribution in [3.63, 3.8) is 0 Å². The normalized spacial score (nSPS) is 21.3. The van der Waals surface area contributed by atoms with E-state index in [1.807, 2.05) is 37.3 Å². The molecule has 2 aliphatic rings. The van der Waals surface area contributed by atoms with Gasteiger partial charge in [-0.05, 0) is 56.2 Å². The molecule has 2 aliphatic heterocycles. The third kappa shape index (κ3) is 3.89. The molecule has 0 N–H and O–H groups in total. The number of amides is 2. The van der Waals surface area contributed by atoms with Crippen molar-refractivity contribution >= 4 is 63.0 Å². The molecule has 7 nitrogen and oxygen atoms in total. The van der Waals surface area contributed by atoms with Gasteiger partial charge in [0.15, 0.2) is 6.10 Å². The number of carbonyl (C=O) groups excluding carboxylic acids is 3. The van der Waals surface area contributed by atoms with E-state index >= 15 is 0 Å². The Morgan fingerprint density at radius 2 is 1.81 bits per heavy atom. The van der Waals surface area contributed by atoms with Crippen LogP contribution in [0.15, 0.2) is 48.5 Å². The summed E-state index contributed by atoms with van der Waals surface area (Å²) in [6, 6.07) is 13.5. The average Bonchev–Trinajstić information content (AvgIpc) is 3.45. The maximum absolute atomic E-state index is 14.0. The number of hydrogen-bond donors (Lipinski definition) is 0. The third-order valence-electron chi connectivity index (χ3n) is 6.46. The molecule has 3 aromatic rings. The summed E-state index contributed by atoms with van der Waals surface area (Å²) in [5.74, 6) is -2.47. The van der Waals surface area contributed by atoms with Gasteiger partial charge < -0.3 is 4.74 Å². The lowest BCUT2D eigenvalue weighted by Gasteiger charge is -2.29. The minimum absolute atomic E-state index is 0.173. The molecule has 5 rings (SSSR count). The fourth-order valence-corrected chi connectivity index (χ4v) is 6.36. The molecule has 0 bridgehead atoms. The van der Waals surface area contributed by atoms with Crippen LogP contribution in [0.1, 0.15) is 39.3 Å². The minimum Gasteiger partial charge on any atom is -0.462 e. The summed E-state index contributed by atoms with van der Waals surface area (Å²) >= 11 is 13.9. The summed E-state index contributed by atoms with van der Waals surface area (Å²) < 4.78 is 5.23. The van der Waals surface area contributed by atoms with Gasteiger partial charge in [-0.2, -0.15) is 0 Å². The number of hydrogen-bond acceptors (Lipinski definition) is 7. The zero-order valence-corrected chi connectivity index (χ0v) is 22.0. The van der Waals surface area contributed by atoms with Crippen molar-refractivity contribution in [2.45, 2.75) is 32.9 Å². The number of para-hydroxylation sites is 1. The number of ether oxygens (including phenoxy) is 1. The minimum atomic E-state index is -1.09. The molecule has 0 radical (unpaired) electrons. The number of anilines is 2. The maximum Gasteiger partial charge on any atom is 0.341 e. The molecule has 2 fully saturated rings. The number of esters is 1. The number of rotatable bonds is 5. The molecular formula is C26H22Cl2N2O5S. The topological polar surface area (TPSA) is 76.2 Å². The van der Waals surface area contributed by atoms with Crippen molar-refractivity contribution in [1.82, 2.24) is 0 Å². The van der Waals surface area contributed by atoms with E-state index in [9.17, 15) is 14.4 Å². The van der Waals surface area contributed by atoms with Crippen LogP contribution >= 0.6 is 34.5 Å². The Kier molecular flexibility index (Phi) is 6.55. The molecule has 0 saturated carbocycles. The predicted octanol–water partition coefficient (Wildman–Crippen LogP) is 5.90. The van der Waals surface area contributed by atoms with E-state index in [2.05, 4.69) is 0 Å². The molecule has 0 aliphatic carbocycles. The Labute approximate surface area is 222 Å². The average molecular weight is 545 g/mol. The number of halogens is 2. The van der Waals surface area contributed by atoms with Crippen molar-refractivity contribution < 1.29 is 24.0 Å². The fraction of sp³-hybridized carbons (Fsp3) is 0.269. The number of nitrogens with zero attached hydrogens (tertiary/aromatic N) is 2. The Morgan fingerprint density at radius 1 is 1.08 bits per heavy atom. The summed E-state index contributed by atoms with van der Waals surface area (Å²) in [6.45, 7) is 5.49. The third-order valence-corrected chi connectivity index (χ3v) is 8.21. The molecule has 0 spiro atoms. The molecular weight excluding hydrogens is 523 g/mol. The molecule has 10 heteroatoms. The van der Waals surface area contributed by atoms with E-state index in [-0.39, 0.29) is 17.2 Å². The van der Waals surface area contributed by atoms with Crippen LogP contribution in [0.4, 0.5) is 10.7 Å². The Bertz CT molecular complexity index is 1380. The van der Waals surface area contributed by atoms with Gasteiger partial charge in [0.1, 0.15) is 10.9 Å². The van der Waals surface area contributed by atoms with Gasteiger partial charge >= 0.3 is 5.97 Å². The molecule has 2 saturated heterocycles. The van der Waals surface area contributed by atoms with Crippen molar-refractivity contribution in [1.29, 1.82) is 0 Å². The molecule has 3 atom stereocenters. The SMILES string of the molecule is CCOC(=O)c1c(N2C(=O)[C@H]3[C@H](ON(c4ccccc4)[C@@H]3c3ccc(Cl)cc3Cl)C2=O)sc(C)c1C. The number of imide groups is 1. The maximum atomic E-state index is 14.0. The van der Waals surface area contributed by atoms with Gasteiger partial charge in [0.2, 0.25) is 5.91 Å². The van der Waals surface area contributed by atoms with E-state index in [0.29, 0.717) is 26.9 Å². The Morgan fingerprint density at radius 3 is 2.47 bits per heavy atom. The highest BCUT2D eigenvalue weighted by Crippen LogP contribution is 2.50. The second-order valence-electron chi connectivity index (χ2n) is 8.52. The van der Waals surface area contributed by atoms with Crippen LogP contribution in [0, 0.1) is 19.8 Å². The molecule has 0 unspecified atom stereocenters. The van der Waals surface area contributed by atoms with Crippen LogP contribution in [0.2, 0.25) is 10.0 Å². The lowest BCUT2D eigenvalue weighted by Crippen LogP contribution is -2.37. The summed E-state index contributed by atoms with van der Waals surface area (Å²) in [5.41, 5.74) is 2.17. The first-order chi connectivity index (χ1) is 17.2. The van der Waals surface area contributed by atoms with Crippen molar-refractivity contribution in [3.8, 4) is 0 Å². The van der Waals surface area contributed by atoms with E-state index in [4.69, 9.17) is 32.8 Å². The molecule has 2 amide bonds. The van der Waals surface area contributed by atoms with Crippen LogP contribution in [-0.4, -0.2) is 30.5 Å². The summed E-state index contributed by atoms with van der Waals surface area (Å²) in [6.07, 6.45) is -1.09. The quantitative estimate of drug-likeness (QED) is 0.294. The van der Waals surface area contributed by atoms with E-state index in [1.54, 1.807) is 37.1 Å². The number of fused-ring (bicyclic) bond motifs is 1. The van der Waals surface area contributed by atoms with E-state index in [1.165, 1.54) is 11.3 Å². The Balaban J connectivity index is 1.62. The molecule has 36 heavy (non-hydrogen) atoms. The zero-order chi connectivity index (χ0) is 25.7. The fourth-order valence-electron chi connectivity index (χ4n) is 4.68. The van der Waals surface area contributed by atoms with E-state index < -0.39 is 35.8 Å². The van der Waals surface area contributed by atoms with Gasteiger partial charge in [0.25, 0.3) is 5.91 Å². The van der Waals surface area contributed by atoms with Crippen LogP contribution < -0.4 is 9.96 Å². The highest BCUT2D eigenvalue weighted by molar-refractivity contribution is 7.17. The first-order valence-electron chi connectivity index (χ1n) is 11.4. The first-order valence-corrected chi connectivity index (χ1v) is 12.9. The lowest BCUT2D eigenvalue weighted by molar-refractivity contribution is -0.126. The van der Waals surface area contributed by atoms with Crippen LogP contribution in [0.25, 0.3) is 0 Å². The number of carbonyl (C=O) groups is 3. The first kappa shape index (κ1) is 24.8. The standard InChI is InChI=1S/C26H22Cl2N2O5S/c1-4-34-26(33)19-13(2)14(3)36-25(19)29-23(31)20-21(17-11-10-15(27)12-18(17)28)30(35-22(20)24(29)32)16-8-6-5-7-9-16/h5-12,20-22H,4H2,1-3H3/t20-,21-,22+/m1/s1. The Hall–Kier alpha value is -2.91. The largest absolute Gasteiger partial charge is 0.462 e. The second-order valence-corrected chi connectivity index (χ2v) is 10.6. The second kappa shape index (κ2) is 9.52. The van der Waals surface area contributed by atoms with Crippen LogP contribution in [0.3, 0.4) is 0 Å². The lowest BCUT2D eigenvalue weighted by atomic mass is 9.90. The van der Waals surface area contributed by atoms with E-state index in [0.717, 1.165) is 9.78 Å². The highest BCUT2D eigenvalue weighted by atomic mass is 35.5. The number of hydroxylamine groups is 1. The molecule has 1 aromatic heterocycles. The summed E-state index contributed by atoms with van der Waals surface area (Å²) in [7, 11) is 0. The van der Waals surface area contributed by atoms with Gasteiger partial charge in [0.05, 0.1) is 23.9 Å². The number of aryl methyl sites for hydroxylation is 1. The van der Waals surface area contributed by atoms with Gasteiger partial charge in [0, 0.05) is 14.9 Å². The molecule has 186 valence electrons. The summed E-state index contributed by atoms with van der Waals surface area (Å²) in [4.78, 5) is 48.5. The van der Waals surface area contributed by atoms with Crippen molar-refractivity contribution in [2.75, 3.05) is 16.6 Å². The van der Waals surface area contributed by atoms with Gasteiger partial charge in [-0.1, -0.05) is 47.5 Å². The number of benzene rings is 2. The van der Waals surface area contributed by atoms with Crippen molar-refractivity contribution in [3.05, 3.63) is 80.1 Å². The summed E-state index contributed by atoms with van der Waals surface area (Å²) in [5, 5.41) is 2.62. The van der Waals surface area contributed by atoms with Gasteiger partial charge in [-0.25, -0.2) is 14.8 Å². The zero-order valence-electron chi connectivity index (χ0n) is 19.7. The molecule has 2 aromatic carbocycles. The van der Waals surface area contributed by atoms with Crippen molar-refractivity contribution in [2.24, 2.45) is 5.92 Å². The highest BCUT2D eigenvalue weighted by Gasteiger charge is 2.61. The predicted molar refractivity (Wildman–Crippen MR) is 139 cm³/mol. The van der Waals surface area contributed by atoms with Crippen LogP contribution in [-0.2, 0) is 19.2 Å². The smallest absolute Gasteiger partial charge is 0.341 e. The van der Waals surface area contributed by atoms with Gasteiger partial charge in [-0.3, -0.25) is 14.4 Å². The monoisotopic (exact) mass is 544 g/mol. The van der Waals surface area contributed by atoms with Gasteiger partial charge in [-0.15, -0.1) is 11.3 Å².